The average Bonchev–Trinajstić information content (AvgIpc) is 3.23. The zero-order valence-corrected chi connectivity index (χ0v) is 12.6. The van der Waals surface area contributed by atoms with Crippen LogP contribution in [0.4, 0.5) is 4.79 Å². The minimum atomic E-state index is -0.339. The first-order chi connectivity index (χ1) is 10.2. The summed E-state index contributed by atoms with van der Waals surface area (Å²) in [6.45, 7) is 4.44. The van der Waals surface area contributed by atoms with Crippen molar-refractivity contribution >= 4 is 11.9 Å². The van der Waals surface area contributed by atoms with Gasteiger partial charge < -0.3 is 10.6 Å². The van der Waals surface area contributed by atoms with Gasteiger partial charge in [-0.2, -0.15) is 0 Å². The van der Waals surface area contributed by atoms with Gasteiger partial charge in [0.25, 0.3) is 0 Å². The highest BCUT2D eigenvalue weighted by molar-refractivity contribution is 5.95. The number of carbonyl (C=O) groups excluding carboxylic acids is 2. The van der Waals surface area contributed by atoms with Gasteiger partial charge >= 0.3 is 6.03 Å². The van der Waals surface area contributed by atoms with Gasteiger partial charge in [-0.3, -0.25) is 15.0 Å². The maximum absolute atomic E-state index is 12.0. The molecule has 0 bridgehead atoms. The molecule has 1 spiro atoms. The van der Waals surface area contributed by atoms with Crippen LogP contribution in [0.5, 0.6) is 0 Å². The van der Waals surface area contributed by atoms with E-state index in [-0.39, 0.29) is 18.0 Å². The van der Waals surface area contributed by atoms with Crippen LogP contribution in [-0.4, -0.2) is 55.6 Å². The molecule has 3 N–H and O–H groups in total. The highest BCUT2D eigenvalue weighted by Crippen LogP contribution is 2.35. The van der Waals surface area contributed by atoms with Gasteiger partial charge in [0.15, 0.2) is 0 Å². The smallest absolute Gasteiger partial charge is 0.321 e. The Morgan fingerprint density at radius 3 is 2.76 bits per heavy atom. The third-order valence-corrected chi connectivity index (χ3v) is 4.83. The Labute approximate surface area is 126 Å². The minimum absolute atomic E-state index is 0.186. The molecule has 0 radical (unpaired) electrons. The number of hydrogen-bond acceptors (Lipinski definition) is 4. The first-order valence-corrected chi connectivity index (χ1v) is 8.19. The topological polar surface area (TPSA) is 73.5 Å². The molecule has 0 aromatic carbocycles. The van der Waals surface area contributed by atoms with E-state index < -0.39 is 0 Å². The number of amides is 3. The maximum Gasteiger partial charge on any atom is 0.321 e. The molecule has 6 heteroatoms. The van der Waals surface area contributed by atoms with Crippen LogP contribution in [0.1, 0.15) is 38.5 Å². The van der Waals surface area contributed by atoms with Gasteiger partial charge in [0.1, 0.15) is 0 Å². The second-order valence-electron chi connectivity index (χ2n) is 6.89. The Balaban J connectivity index is 1.45. The molecule has 3 rings (SSSR count). The van der Waals surface area contributed by atoms with Crippen molar-refractivity contribution in [3.8, 4) is 0 Å². The normalized spacial score (nSPS) is 30.1. The van der Waals surface area contributed by atoms with Crippen molar-refractivity contribution in [2.45, 2.75) is 44.6 Å². The van der Waals surface area contributed by atoms with E-state index in [4.69, 9.17) is 0 Å². The number of rotatable bonds is 3. The highest BCUT2D eigenvalue weighted by atomic mass is 16.2. The Morgan fingerprint density at radius 2 is 2.05 bits per heavy atom. The number of carbonyl (C=O) groups is 2. The van der Waals surface area contributed by atoms with E-state index in [0.717, 1.165) is 45.4 Å². The first-order valence-electron chi connectivity index (χ1n) is 8.19. The molecule has 0 aromatic heterocycles. The van der Waals surface area contributed by atoms with Crippen LogP contribution in [0.2, 0.25) is 0 Å². The standard InChI is InChI=1S/C15H26N4O2/c20-13(18-14(21)17-12-3-4-12)9-19-8-2-6-15(11-19)5-1-7-16-10-15/h12,16H,1-11H2,(H2,17,18,20,21). The van der Waals surface area contributed by atoms with E-state index in [1.54, 1.807) is 0 Å². The molecule has 1 unspecified atom stereocenters. The van der Waals surface area contributed by atoms with E-state index >= 15 is 0 Å². The molecular formula is C15H26N4O2. The van der Waals surface area contributed by atoms with Crippen molar-refractivity contribution in [2.24, 2.45) is 5.41 Å². The number of nitrogens with one attached hydrogen (secondary N) is 3. The largest absolute Gasteiger partial charge is 0.335 e. The number of piperidine rings is 2. The summed E-state index contributed by atoms with van der Waals surface area (Å²) in [5, 5.41) is 8.71. The van der Waals surface area contributed by atoms with Crippen LogP contribution in [0.15, 0.2) is 0 Å². The van der Waals surface area contributed by atoms with Crippen LogP contribution >= 0.6 is 0 Å². The Bertz CT molecular complexity index is 397. The van der Waals surface area contributed by atoms with Gasteiger partial charge in [-0.25, -0.2) is 4.79 Å². The summed E-state index contributed by atoms with van der Waals surface area (Å²) in [5.41, 5.74) is 0.340. The van der Waals surface area contributed by atoms with E-state index in [9.17, 15) is 9.59 Å². The fraction of sp³-hybridized carbons (Fsp3) is 0.867. The minimum Gasteiger partial charge on any atom is -0.335 e. The van der Waals surface area contributed by atoms with Crippen LogP contribution in [0.25, 0.3) is 0 Å². The van der Waals surface area contributed by atoms with Crippen LogP contribution in [-0.2, 0) is 4.79 Å². The molecule has 2 aliphatic heterocycles. The predicted octanol–water partition coefficient (Wildman–Crippen LogP) is 0.440. The fourth-order valence-corrected chi connectivity index (χ4v) is 3.64. The zero-order valence-electron chi connectivity index (χ0n) is 12.6. The average molecular weight is 294 g/mol. The van der Waals surface area contributed by atoms with E-state index in [2.05, 4.69) is 20.9 Å². The monoisotopic (exact) mass is 294 g/mol. The van der Waals surface area contributed by atoms with E-state index in [0.29, 0.717) is 12.0 Å². The molecule has 1 aliphatic carbocycles. The summed E-state index contributed by atoms with van der Waals surface area (Å²) in [5.74, 6) is -0.186. The lowest BCUT2D eigenvalue weighted by molar-refractivity contribution is -0.122. The number of nitrogens with zero attached hydrogens (tertiary/aromatic N) is 1. The van der Waals surface area contributed by atoms with E-state index in [1.807, 2.05) is 0 Å². The van der Waals surface area contributed by atoms with Gasteiger partial charge in [-0.15, -0.1) is 0 Å². The van der Waals surface area contributed by atoms with Crippen molar-refractivity contribution in [3.05, 3.63) is 0 Å². The van der Waals surface area contributed by atoms with E-state index in [1.165, 1.54) is 19.3 Å². The zero-order chi connectivity index (χ0) is 14.7. The molecule has 1 atom stereocenters. The second-order valence-corrected chi connectivity index (χ2v) is 6.89. The fourth-order valence-electron chi connectivity index (χ4n) is 3.64. The lowest BCUT2D eigenvalue weighted by Gasteiger charge is -2.45. The lowest BCUT2D eigenvalue weighted by Crippen LogP contribution is -2.53. The Kier molecular flexibility index (Phi) is 4.45. The summed E-state index contributed by atoms with van der Waals surface area (Å²) < 4.78 is 0. The SMILES string of the molecule is O=C(CN1CCCC2(CCCNC2)C1)NC(=O)NC1CC1. The molecule has 1 saturated carbocycles. The van der Waals surface area contributed by atoms with Gasteiger partial charge in [-0.1, -0.05) is 0 Å². The number of likely N-dealkylation sites (tertiary alicyclic amines) is 1. The lowest BCUT2D eigenvalue weighted by atomic mass is 9.74. The van der Waals surface area contributed by atoms with Gasteiger partial charge in [0.05, 0.1) is 6.54 Å². The summed E-state index contributed by atoms with van der Waals surface area (Å²) >= 11 is 0. The highest BCUT2D eigenvalue weighted by Gasteiger charge is 2.37. The van der Waals surface area contributed by atoms with Crippen LogP contribution < -0.4 is 16.0 Å². The molecule has 118 valence electrons. The van der Waals surface area contributed by atoms with Crippen LogP contribution in [0, 0.1) is 5.41 Å². The van der Waals surface area contributed by atoms with Crippen molar-refractivity contribution < 1.29 is 9.59 Å². The third-order valence-electron chi connectivity index (χ3n) is 4.83. The molecule has 3 aliphatic rings. The van der Waals surface area contributed by atoms with Crippen molar-refractivity contribution in [3.63, 3.8) is 0 Å². The summed E-state index contributed by atoms with van der Waals surface area (Å²) in [6, 6.07) is -0.0575. The number of hydrogen-bond donors (Lipinski definition) is 3. The first kappa shape index (κ1) is 14.8. The predicted molar refractivity (Wildman–Crippen MR) is 79.9 cm³/mol. The van der Waals surface area contributed by atoms with Gasteiger partial charge in [0.2, 0.25) is 5.91 Å². The Hall–Kier alpha value is -1.14. The number of urea groups is 1. The summed E-state index contributed by atoms with van der Waals surface area (Å²) in [7, 11) is 0. The van der Waals surface area contributed by atoms with Crippen molar-refractivity contribution in [1.82, 2.24) is 20.9 Å². The summed E-state index contributed by atoms with van der Waals surface area (Å²) in [6.07, 6.45) is 6.93. The molecular weight excluding hydrogens is 268 g/mol. The molecule has 2 saturated heterocycles. The second kappa shape index (κ2) is 6.32. The third kappa shape index (κ3) is 4.17. The summed E-state index contributed by atoms with van der Waals surface area (Å²) in [4.78, 5) is 25.7. The Morgan fingerprint density at radius 1 is 1.24 bits per heavy atom. The molecule has 3 fully saturated rings. The molecule has 0 aromatic rings. The molecule has 2 heterocycles. The molecule has 3 amide bonds. The molecule has 21 heavy (non-hydrogen) atoms. The maximum atomic E-state index is 12.0. The molecule has 6 nitrogen and oxygen atoms in total. The quantitative estimate of drug-likeness (QED) is 0.706. The van der Waals surface area contributed by atoms with Gasteiger partial charge in [-0.05, 0) is 57.0 Å². The number of imide groups is 1. The van der Waals surface area contributed by atoms with Gasteiger partial charge in [0, 0.05) is 19.1 Å². The van der Waals surface area contributed by atoms with Crippen LogP contribution in [0.3, 0.4) is 0 Å². The van der Waals surface area contributed by atoms with Crippen molar-refractivity contribution in [1.29, 1.82) is 0 Å². The van der Waals surface area contributed by atoms with Crippen molar-refractivity contribution in [2.75, 3.05) is 32.7 Å².